The first-order valence-corrected chi connectivity index (χ1v) is 19.8. The zero-order chi connectivity index (χ0) is 38.5. The van der Waals surface area contributed by atoms with Crippen molar-refractivity contribution < 1.29 is 0 Å². The van der Waals surface area contributed by atoms with E-state index in [2.05, 4.69) is 202 Å². The van der Waals surface area contributed by atoms with Gasteiger partial charge in [-0.15, -0.1) is 0 Å². The minimum Gasteiger partial charge on any atom is -0.383 e. The molecule has 0 radical (unpaired) electrons. The molecule has 0 bridgehead atoms. The molecule has 0 heterocycles. The maximum atomic E-state index is 6.89. The number of nitrogens with two attached hydrogens (primary N) is 1. The van der Waals surface area contributed by atoms with E-state index >= 15 is 0 Å². The van der Waals surface area contributed by atoms with Crippen molar-refractivity contribution in [2.75, 3.05) is 0 Å². The summed E-state index contributed by atoms with van der Waals surface area (Å²) in [7, 11) is 0. The molecule has 57 heavy (non-hydrogen) atoms. The van der Waals surface area contributed by atoms with Gasteiger partial charge in [-0.2, -0.15) is 0 Å². The first kappa shape index (κ1) is 34.5. The van der Waals surface area contributed by atoms with Crippen LogP contribution in [-0.4, -0.2) is 5.84 Å². The van der Waals surface area contributed by atoms with Gasteiger partial charge in [0.05, 0.1) is 5.70 Å². The minimum absolute atomic E-state index is 0.120. The van der Waals surface area contributed by atoms with Gasteiger partial charge in [0.1, 0.15) is 5.84 Å². The molecule has 0 unspecified atom stereocenters. The standard InChI is InChI=1S/C55H42N2/c1-55(2)51-35-44(27-28-48(51)50-33-42-16-8-9-17-43(42)34-52(50)55)45-29-30-49(47-19-11-10-18-46(45)47)53(31-21-36-20-22-38-14-6-7-15-41(38)32-36)57-54(56)40-25-23-39(24-26-40)37-12-4-3-5-13-37/h3-20,22-35H,21H2,1-2H3,(H2,56,57)/b53-31-. The van der Waals surface area contributed by atoms with Crippen LogP contribution in [0.15, 0.2) is 199 Å². The van der Waals surface area contributed by atoms with Crippen LogP contribution >= 0.6 is 0 Å². The molecule has 9 aromatic rings. The van der Waals surface area contributed by atoms with Gasteiger partial charge in [-0.1, -0.05) is 190 Å². The molecule has 10 rings (SSSR count). The Morgan fingerprint density at radius 2 is 1.09 bits per heavy atom. The Labute approximate surface area is 334 Å². The molecule has 0 spiro atoms. The summed E-state index contributed by atoms with van der Waals surface area (Å²) in [5, 5.41) is 7.37. The second kappa shape index (κ2) is 13.9. The molecule has 0 saturated heterocycles. The van der Waals surface area contributed by atoms with E-state index in [0.717, 1.165) is 34.2 Å². The number of fused-ring (bicyclic) bond motifs is 6. The highest BCUT2D eigenvalue weighted by Crippen LogP contribution is 2.51. The first-order chi connectivity index (χ1) is 27.9. The highest BCUT2D eigenvalue weighted by Gasteiger charge is 2.36. The first-order valence-electron chi connectivity index (χ1n) is 19.8. The lowest BCUT2D eigenvalue weighted by Crippen LogP contribution is -2.15. The summed E-state index contributed by atoms with van der Waals surface area (Å²) >= 11 is 0. The Hall–Kier alpha value is -7.03. The Balaban J connectivity index is 1.07. The average molecular weight is 731 g/mol. The average Bonchev–Trinajstić information content (AvgIpc) is 3.48. The molecule has 0 atom stereocenters. The molecular formula is C55H42N2. The fraction of sp³-hybridized carbons (Fsp3) is 0.0727. The van der Waals surface area contributed by atoms with E-state index in [1.54, 1.807) is 0 Å². The fourth-order valence-electron chi connectivity index (χ4n) is 8.82. The summed E-state index contributed by atoms with van der Waals surface area (Å²) in [5.74, 6) is 0.487. The van der Waals surface area contributed by atoms with E-state index in [-0.39, 0.29) is 5.41 Å². The number of hydrogen-bond donors (Lipinski definition) is 1. The highest BCUT2D eigenvalue weighted by atomic mass is 14.9. The molecule has 2 N–H and O–H groups in total. The van der Waals surface area contributed by atoms with Crippen molar-refractivity contribution in [3.8, 4) is 33.4 Å². The molecule has 1 aliphatic carbocycles. The minimum atomic E-state index is -0.120. The molecule has 2 nitrogen and oxygen atoms in total. The van der Waals surface area contributed by atoms with Gasteiger partial charge in [-0.05, 0) is 107 Å². The lowest BCUT2D eigenvalue weighted by Gasteiger charge is -2.22. The molecule has 1 aliphatic rings. The van der Waals surface area contributed by atoms with Crippen molar-refractivity contribution in [1.82, 2.24) is 0 Å². The molecule has 0 amide bonds. The van der Waals surface area contributed by atoms with Gasteiger partial charge in [-0.25, -0.2) is 4.99 Å². The summed E-state index contributed by atoms with van der Waals surface area (Å²) in [5.41, 5.74) is 20.9. The third-order valence-corrected chi connectivity index (χ3v) is 11.9. The topological polar surface area (TPSA) is 38.4 Å². The molecule has 2 heteroatoms. The van der Waals surface area contributed by atoms with Crippen molar-refractivity contribution in [3.63, 3.8) is 0 Å². The highest BCUT2D eigenvalue weighted by molar-refractivity contribution is 6.06. The van der Waals surface area contributed by atoms with Crippen LogP contribution in [0.5, 0.6) is 0 Å². The fourth-order valence-corrected chi connectivity index (χ4v) is 8.82. The monoisotopic (exact) mass is 730 g/mol. The summed E-state index contributed by atoms with van der Waals surface area (Å²) in [4.78, 5) is 5.22. The number of nitrogens with zero attached hydrogens (tertiary/aromatic N) is 1. The van der Waals surface area contributed by atoms with Gasteiger partial charge in [0.15, 0.2) is 0 Å². The second-order valence-corrected chi connectivity index (χ2v) is 15.8. The molecule has 9 aromatic carbocycles. The van der Waals surface area contributed by atoms with Crippen molar-refractivity contribution >= 4 is 43.9 Å². The Kier molecular flexibility index (Phi) is 8.42. The van der Waals surface area contributed by atoms with E-state index in [0.29, 0.717) is 5.84 Å². The maximum Gasteiger partial charge on any atom is 0.131 e. The number of rotatable bonds is 7. The molecule has 0 aliphatic heterocycles. The molecular weight excluding hydrogens is 689 g/mol. The van der Waals surface area contributed by atoms with Crippen LogP contribution in [-0.2, 0) is 11.8 Å². The maximum absolute atomic E-state index is 6.89. The molecule has 272 valence electrons. The Morgan fingerprint density at radius 1 is 0.491 bits per heavy atom. The van der Waals surface area contributed by atoms with Crippen molar-refractivity contribution in [2.24, 2.45) is 10.7 Å². The van der Waals surface area contributed by atoms with Gasteiger partial charge in [-0.3, -0.25) is 0 Å². The molecule has 0 saturated carbocycles. The Bertz CT molecular complexity index is 3060. The van der Waals surface area contributed by atoms with Crippen molar-refractivity contribution in [2.45, 2.75) is 25.7 Å². The van der Waals surface area contributed by atoms with Crippen molar-refractivity contribution in [1.29, 1.82) is 0 Å². The predicted molar refractivity (Wildman–Crippen MR) is 243 cm³/mol. The zero-order valence-corrected chi connectivity index (χ0v) is 32.2. The third-order valence-electron chi connectivity index (χ3n) is 11.9. The van der Waals surface area contributed by atoms with Crippen LogP contribution in [0, 0.1) is 0 Å². The van der Waals surface area contributed by atoms with Gasteiger partial charge in [0.25, 0.3) is 0 Å². The van der Waals surface area contributed by atoms with E-state index < -0.39 is 0 Å². The number of aliphatic imine (C=N–C) groups is 1. The Morgan fingerprint density at radius 3 is 1.86 bits per heavy atom. The smallest absolute Gasteiger partial charge is 0.131 e. The van der Waals surface area contributed by atoms with Gasteiger partial charge < -0.3 is 5.73 Å². The summed E-state index contributed by atoms with van der Waals surface area (Å²) in [6.45, 7) is 4.73. The summed E-state index contributed by atoms with van der Waals surface area (Å²) < 4.78 is 0. The largest absolute Gasteiger partial charge is 0.383 e. The SMILES string of the molecule is CC1(C)c2cc(-c3ccc(/C(=C/Cc4ccc5ccccc5c4)N=C(N)c4ccc(-c5ccccc5)cc4)c4ccccc34)ccc2-c2cc3ccccc3cc21. The van der Waals surface area contributed by atoms with Gasteiger partial charge in [0.2, 0.25) is 0 Å². The van der Waals surface area contributed by atoms with E-state index in [4.69, 9.17) is 10.7 Å². The quantitative estimate of drug-likeness (QED) is 0.129. The molecule has 0 fully saturated rings. The zero-order valence-electron chi connectivity index (χ0n) is 32.2. The lowest BCUT2D eigenvalue weighted by atomic mass is 9.81. The van der Waals surface area contributed by atoms with Crippen molar-refractivity contribution in [3.05, 3.63) is 222 Å². The van der Waals surface area contributed by atoms with Crippen LogP contribution in [0.3, 0.4) is 0 Å². The number of hydrogen-bond acceptors (Lipinski definition) is 1. The number of amidine groups is 1. The number of allylic oxidation sites excluding steroid dienone is 1. The molecule has 0 aromatic heterocycles. The van der Waals surface area contributed by atoms with Crippen LogP contribution in [0.4, 0.5) is 0 Å². The van der Waals surface area contributed by atoms with Crippen LogP contribution in [0.2, 0.25) is 0 Å². The van der Waals surface area contributed by atoms with E-state index in [1.165, 1.54) is 71.4 Å². The normalized spacial score (nSPS) is 13.6. The van der Waals surface area contributed by atoms with Gasteiger partial charge in [0, 0.05) is 16.5 Å². The predicted octanol–water partition coefficient (Wildman–Crippen LogP) is 13.8. The van der Waals surface area contributed by atoms with E-state index in [1.807, 2.05) is 6.07 Å². The van der Waals surface area contributed by atoms with Crippen LogP contribution in [0.25, 0.3) is 71.4 Å². The summed E-state index contributed by atoms with van der Waals surface area (Å²) in [6, 6.07) is 67.7. The van der Waals surface area contributed by atoms with E-state index in [9.17, 15) is 0 Å². The second-order valence-electron chi connectivity index (χ2n) is 15.8. The third kappa shape index (κ3) is 6.20. The summed E-state index contributed by atoms with van der Waals surface area (Å²) in [6.07, 6.45) is 2.95. The van der Waals surface area contributed by atoms with Gasteiger partial charge >= 0.3 is 0 Å². The van der Waals surface area contributed by atoms with Crippen LogP contribution in [0.1, 0.15) is 41.7 Å². The lowest BCUT2D eigenvalue weighted by molar-refractivity contribution is 0.661. The van der Waals surface area contributed by atoms with Crippen LogP contribution < -0.4 is 5.73 Å². The number of benzene rings is 9.